The highest BCUT2D eigenvalue weighted by molar-refractivity contribution is 6.03. The molecule has 0 radical (unpaired) electrons. The van der Waals surface area contributed by atoms with Crippen molar-refractivity contribution < 1.29 is 13.6 Å². The maximum atomic E-state index is 13.4. The van der Waals surface area contributed by atoms with Crippen molar-refractivity contribution in [3.05, 3.63) is 99.1 Å². The smallest absolute Gasteiger partial charge is 0.332 e. The van der Waals surface area contributed by atoms with Gasteiger partial charge in [0, 0.05) is 11.1 Å². The van der Waals surface area contributed by atoms with Crippen molar-refractivity contribution in [2.24, 2.45) is 0 Å². The standard InChI is InChI=1S/C26H23N3O5/c1-16(2)17-9-11-18(12-10-17)27-22(30)15-28-23-20-7-3-4-8-21(20)34-24(23)25(31)29(26(28)32)14-19-6-5-13-33-19/h3-13,16H,14-15H2,1-2H3,(H,27,30). The van der Waals surface area contributed by atoms with Crippen LogP contribution in [-0.4, -0.2) is 15.0 Å². The molecule has 2 aromatic carbocycles. The number of nitrogens with one attached hydrogen (secondary N) is 1. The van der Waals surface area contributed by atoms with Crippen molar-refractivity contribution in [2.75, 3.05) is 5.32 Å². The number of anilines is 1. The van der Waals surface area contributed by atoms with E-state index in [1.165, 1.54) is 10.8 Å². The number of carbonyl (C=O) groups excluding carboxylic acids is 1. The summed E-state index contributed by atoms with van der Waals surface area (Å²) in [7, 11) is 0. The Labute approximate surface area is 194 Å². The summed E-state index contributed by atoms with van der Waals surface area (Å²) in [6.07, 6.45) is 1.47. The van der Waals surface area contributed by atoms with E-state index in [0.717, 1.165) is 10.1 Å². The second kappa shape index (κ2) is 8.55. The van der Waals surface area contributed by atoms with Gasteiger partial charge in [-0.25, -0.2) is 9.36 Å². The van der Waals surface area contributed by atoms with Crippen LogP contribution < -0.4 is 16.6 Å². The number of nitrogens with zero attached hydrogens (tertiary/aromatic N) is 2. The van der Waals surface area contributed by atoms with Gasteiger partial charge < -0.3 is 14.2 Å². The Morgan fingerprint density at radius 3 is 2.44 bits per heavy atom. The molecule has 3 heterocycles. The lowest BCUT2D eigenvalue weighted by Crippen LogP contribution is -2.41. The number of amides is 1. The van der Waals surface area contributed by atoms with Crippen molar-refractivity contribution >= 4 is 33.7 Å². The van der Waals surface area contributed by atoms with E-state index in [4.69, 9.17) is 8.83 Å². The predicted octanol–water partition coefficient (Wildman–Crippen LogP) is 4.31. The molecule has 1 amide bonds. The van der Waals surface area contributed by atoms with Crippen molar-refractivity contribution in [2.45, 2.75) is 32.9 Å². The SMILES string of the molecule is CC(C)c1ccc(NC(=O)Cn2c(=O)n(Cc3ccco3)c(=O)c3oc4ccccc4c32)cc1. The average molecular weight is 457 g/mol. The molecule has 0 atom stereocenters. The quantitative estimate of drug-likeness (QED) is 0.410. The van der Waals surface area contributed by atoms with Crippen LogP contribution in [0.25, 0.3) is 22.1 Å². The van der Waals surface area contributed by atoms with Crippen LogP contribution in [0.2, 0.25) is 0 Å². The lowest BCUT2D eigenvalue weighted by atomic mass is 10.0. The van der Waals surface area contributed by atoms with Gasteiger partial charge >= 0.3 is 5.69 Å². The van der Waals surface area contributed by atoms with Crippen LogP contribution in [0.5, 0.6) is 0 Å². The molecule has 0 aliphatic heterocycles. The van der Waals surface area contributed by atoms with E-state index < -0.39 is 17.2 Å². The lowest BCUT2D eigenvalue weighted by molar-refractivity contribution is -0.116. The fraction of sp³-hybridized carbons (Fsp3) is 0.192. The molecular formula is C26H23N3O5. The zero-order valence-electron chi connectivity index (χ0n) is 18.8. The Bertz CT molecular complexity index is 1600. The summed E-state index contributed by atoms with van der Waals surface area (Å²) in [4.78, 5) is 39.6. The Kier molecular flexibility index (Phi) is 5.41. The van der Waals surface area contributed by atoms with E-state index >= 15 is 0 Å². The molecule has 0 spiro atoms. The van der Waals surface area contributed by atoms with Crippen LogP contribution in [0, 0.1) is 0 Å². The number of hydrogen-bond donors (Lipinski definition) is 1. The molecule has 0 bridgehead atoms. The van der Waals surface area contributed by atoms with Gasteiger partial charge in [0.2, 0.25) is 11.5 Å². The number of furan rings is 2. The number of carbonyl (C=O) groups is 1. The molecule has 34 heavy (non-hydrogen) atoms. The van der Waals surface area contributed by atoms with Crippen LogP contribution in [0.1, 0.15) is 31.1 Å². The van der Waals surface area contributed by atoms with E-state index in [1.807, 2.05) is 24.3 Å². The molecule has 172 valence electrons. The van der Waals surface area contributed by atoms with E-state index in [0.29, 0.717) is 33.9 Å². The molecule has 3 aromatic heterocycles. The van der Waals surface area contributed by atoms with Gasteiger partial charge in [-0.15, -0.1) is 0 Å². The van der Waals surface area contributed by atoms with E-state index in [1.54, 1.807) is 36.4 Å². The average Bonchev–Trinajstić information content (AvgIpc) is 3.48. The first-order chi connectivity index (χ1) is 16.4. The minimum Gasteiger partial charge on any atom is -0.467 e. The van der Waals surface area contributed by atoms with E-state index in [2.05, 4.69) is 19.2 Å². The molecule has 8 nitrogen and oxygen atoms in total. The first-order valence-corrected chi connectivity index (χ1v) is 11.0. The number of aromatic nitrogens is 2. The Balaban J connectivity index is 1.59. The van der Waals surface area contributed by atoms with Gasteiger partial charge in [-0.3, -0.25) is 14.2 Å². The Morgan fingerprint density at radius 1 is 0.971 bits per heavy atom. The predicted molar refractivity (Wildman–Crippen MR) is 129 cm³/mol. The molecule has 8 heteroatoms. The number of hydrogen-bond acceptors (Lipinski definition) is 5. The molecule has 5 rings (SSSR count). The molecule has 0 unspecified atom stereocenters. The summed E-state index contributed by atoms with van der Waals surface area (Å²) in [6.45, 7) is 3.83. The highest BCUT2D eigenvalue weighted by Crippen LogP contribution is 2.25. The molecule has 1 N–H and O–H groups in total. The third-order valence-corrected chi connectivity index (χ3v) is 5.80. The van der Waals surface area contributed by atoms with Crippen LogP contribution in [0.4, 0.5) is 5.69 Å². The van der Waals surface area contributed by atoms with Gasteiger partial charge in [-0.2, -0.15) is 0 Å². The number of benzene rings is 2. The highest BCUT2D eigenvalue weighted by Gasteiger charge is 2.22. The lowest BCUT2D eigenvalue weighted by Gasteiger charge is -2.12. The zero-order valence-corrected chi connectivity index (χ0v) is 18.8. The third kappa shape index (κ3) is 3.83. The van der Waals surface area contributed by atoms with Crippen LogP contribution in [0.3, 0.4) is 0 Å². The largest absolute Gasteiger partial charge is 0.467 e. The normalized spacial score (nSPS) is 11.5. The summed E-state index contributed by atoms with van der Waals surface area (Å²) >= 11 is 0. The monoisotopic (exact) mass is 457 g/mol. The minimum atomic E-state index is -0.620. The topological polar surface area (TPSA) is 99.4 Å². The van der Waals surface area contributed by atoms with Crippen LogP contribution in [-0.2, 0) is 17.9 Å². The number of rotatable bonds is 6. The van der Waals surface area contributed by atoms with Crippen LogP contribution in [0.15, 0.2) is 85.4 Å². The molecule has 0 aliphatic rings. The van der Waals surface area contributed by atoms with Crippen LogP contribution >= 0.6 is 0 Å². The van der Waals surface area contributed by atoms with Gasteiger partial charge in [0.15, 0.2) is 0 Å². The maximum Gasteiger partial charge on any atom is 0.332 e. The summed E-state index contributed by atoms with van der Waals surface area (Å²) in [5.41, 5.74) is 1.36. The molecule has 0 aliphatic carbocycles. The molecule has 5 aromatic rings. The van der Waals surface area contributed by atoms with Crippen molar-refractivity contribution in [3.8, 4) is 0 Å². The van der Waals surface area contributed by atoms with Gasteiger partial charge in [0.25, 0.3) is 5.56 Å². The third-order valence-electron chi connectivity index (χ3n) is 5.80. The Morgan fingerprint density at radius 2 is 1.74 bits per heavy atom. The first kappa shape index (κ1) is 21.5. The summed E-state index contributed by atoms with van der Waals surface area (Å²) in [5, 5.41) is 3.42. The fourth-order valence-corrected chi connectivity index (χ4v) is 4.04. The second-order valence-corrected chi connectivity index (χ2v) is 8.44. The molecule has 0 saturated heterocycles. The molecule has 0 saturated carbocycles. The van der Waals surface area contributed by atoms with Gasteiger partial charge in [0.1, 0.15) is 23.4 Å². The first-order valence-electron chi connectivity index (χ1n) is 11.0. The maximum absolute atomic E-state index is 13.4. The number of fused-ring (bicyclic) bond motifs is 3. The second-order valence-electron chi connectivity index (χ2n) is 8.44. The summed E-state index contributed by atoms with van der Waals surface area (Å²) in [6, 6.07) is 18.0. The van der Waals surface area contributed by atoms with Gasteiger partial charge in [-0.1, -0.05) is 38.1 Å². The van der Waals surface area contributed by atoms with E-state index in [-0.39, 0.29) is 18.7 Å². The van der Waals surface area contributed by atoms with E-state index in [9.17, 15) is 14.4 Å². The zero-order chi connectivity index (χ0) is 23.8. The molecular weight excluding hydrogens is 434 g/mol. The minimum absolute atomic E-state index is 0.0152. The summed E-state index contributed by atoms with van der Waals surface area (Å²) in [5.74, 6) is 0.422. The molecule has 0 fully saturated rings. The number of para-hydroxylation sites is 1. The van der Waals surface area contributed by atoms with Gasteiger partial charge in [-0.05, 0) is 47.9 Å². The van der Waals surface area contributed by atoms with Crippen molar-refractivity contribution in [1.29, 1.82) is 0 Å². The highest BCUT2D eigenvalue weighted by atomic mass is 16.3. The van der Waals surface area contributed by atoms with Gasteiger partial charge in [0.05, 0.1) is 12.8 Å². The summed E-state index contributed by atoms with van der Waals surface area (Å²) < 4.78 is 13.4. The van der Waals surface area contributed by atoms with Crippen molar-refractivity contribution in [3.63, 3.8) is 0 Å². The Hall–Kier alpha value is -4.33. The fourth-order valence-electron chi connectivity index (χ4n) is 4.04. The van der Waals surface area contributed by atoms with Crippen molar-refractivity contribution in [1.82, 2.24) is 9.13 Å².